The zero-order valence-electron chi connectivity index (χ0n) is 20.5. The molecule has 5 nitrogen and oxygen atoms in total. The summed E-state index contributed by atoms with van der Waals surface area (Å²) in [5.74, 6) is 0.270. The minimum atomic E-state index is -0.661. The van der Waals surface area contributed by atoms with Gasteiger partial charge in [0.1, 0.15) is 5.75 Å². The Hall–Kier alpha value is -3.15. The normalized spacial score (nSPS) is 13.3. The fraction of sp³-hybridized carbons (Fsp3) is 0.345. The van der Waals surface area contributed by atoms with Gasteiger partial charge in [0.05, 0.1) is 18.6 Å². The third-order valence-corrected chi connectivity index (χ3v) is 6.30. The summed E-state index contributed by atoms with van der Waals surface area (Å²) in [5, 5.41) is 23.3. The number of hydrogen-bond donors (Lipinski definition) is 3. The van der Waals surface area contributed by atoms with Gasteiger partial charge in [-0.15, -0.1) is 0 Å². The minimum absolute atomic E-state index is 0.0139. The first-order chi connectivity index (χ1) is 16.1. The molecule has 0 radical (unpaired) electrons. The van der Waals surface area contributed by atoms with Crippen molar-refractivity contribution in [2.24, 2.45) is 0 Å². The highest BCUT2D eigenvalue weighted by Gasteiger charge is 2.21. The summed E-state index contributed by atoms with van der Waals surface area (Å²) < 4.78 is 0. The van der Waals surface area contributed by atoms with Crippen LogP contribution in [0.5, 0.6) is 5.75 Å². The van der Waals surface area contributed by atoms with Crippen LogP contribution in [0.1, 0.15) is 55.2 Å². The second-order valence-corrected chi connectivity index (χ2v) is 9.64. The first kappa shape index (κ1) is 25.5. The Labute approximate surface area is 203 Å². The summed E-state index contributed by atoms with van der Waals surface area (Å²) >= 11 is 0. The van der Waals surface area contributed by atoms with Gasteiger partial charge in [0.15, 0.2) is 0 Å². The van der Waals surface area contributed by atoms with Crippen molar-refractivity contribution in [2.75, 3.05) is 13.6 Å². The molecule has 0 saturated carbocycles. The summed E-state index contributed by atoms with van der Waals surface area (Å²) in [5.41, 5.74) is 3.76. The Morgan fingerprint density at radius 3 is 2.26 bits per heavy atom. The van der Waals surface area contributed by atoms with Gasteiger partial charge in [-0.25, -0.2) is 0 Å². The van der Waals surface area contributed by atoms with Crippen molar-refractivity contribution in [3.63, 3.8) is 0 Å². The Bertz CT molecular complexity index is 1060. The molecule has 0 fully saturated rings. The molecule has 0 saturated heterocycles. The van der Waals surface area contributed by atoms with Crippen LogP contribution in [0.15, 0.2) is 78.9 Å². The van der Waals surface area contributed by atoms with Crippen LogP contribution in [0.3, 0.4) is 0 Å². The molecule has 180 valence electrons. The van der Waals surface area contributed by atoms with Gasteiger partial charge in [0.25, 0.3) is 0 Å². The van der Waals surface area contributed by atoms with E-state index in [2.05, 4.69) is 31.3 Å². The van der Waals surface area contributed by atoms with E-state index in [0.29, 0.717) is 13.0 Å². The molecule has 3 rings (SSSR count). The fourth-order valence-corrected chi connectivity index (χ4v) is 4.08. The molecule has 0 spiro atoms. The molecule has 1 amide bonds. The number of rotatable bonds is 10. The monoisotopic (exact) mass is 460 g/mol. The summed E-state index contributed by atoms with van der Waals surface area (Å²) in [6, 6.07) is 24.8. The van der Waals surface area contributed by atoms with E-state index in [1.165, 1.54) is 0 Å². The zero-order chi connectivity index (χ0) is 24.7. The van der Waals surface area contributed by atoms with Crippen molar-refractivity contribution >= 4 is 5.91 Å². The smallest absolute Gasteiger partial charge is 0.227 e. The average molecular weight is 461 g/mol. The summed E-state index contributed by atoms with van der Waals surface area (Å²) in [6.07, 6.45) is 0.452. The van der Waals surface area contributed by atoms with Gasteiger partial charge in [-0.1, -0.05) is 66.7 Å². The molecule has 3 aromatic carbocycles. The molecule has 2 atom stereocenters. The van der Waals surface area contributed by atoms with Crippen molar-refractivity contribution in [2.45, 2.75) is 51.3 Å². The second kappa shape index (κ2) is 11.3. The van der Waals surface area contributed by atoms with Crippen molar-refractivity contribution in [3.8, 4) is 5.75 Å². The lowest BCUT2D eigenvalue weighted by molar-refractivity contribution is -0.131. The van der Waals surface area contributed by atoms with Gasteiger partial charge >= 0.3 is 0 Å². The first-order valence-corrected chi connectivity index (χ1v) is 11.7. The third-order valence-electron chi connectivity index (χ3n) is 6.30. The van der Waals surface area contributed by atoms with Gasteiger partial charge < -0.3 is 20.4 Å². The minimum Gasteiger partial charge on any atom is -0.508 e. The van der Waals surface area contributed by atoms with Gasteiger partial charge in [-0.3, -0.25) is 4.79 Å². The number of carbonyl (C=O) groups is 1. The highest BCUT2D eigenvalue weighted by Crippen LogP contribution is 2.21. The second-order valence-electron chi connectivity index (χ2n) is 9.64. The standard InChI is InChI=1S/C29H36N2O3/c1-21(24-11-6-5-7-12-24)31(4)28(34)18-22-9-8-10-23(17-22)19-29(2,3)30-20-27(33)25-13-15-26(32)16-14-25/h5-17,21,27,30,32-33H,18-20H2,1-4H3/t21-,27?/m1/s1. The summed E-state index contributed by atoms with van der Waals surface area (Å²) in [6.45, 7) is 6.65. The van der Waals surface area contributed by atoms with Crippen LogP contribution >= 0.6 is 0 Å². The Balaban J connectivity index is 1.57. The lowest BCUT2D eigenvalue weighted by atomic mass is 9.93. The lowest BCUT2D eigenvalue weighted by Gasteiger charge is -2.28. The van der Waals surface area contributed by atoms with Crippen molar-refractivity contribution in [1.29, 1.82) is 0 Å². The lowest BCUT2D eigenvalue weighted by Crippen LogP contribution is -2.43. The molecule has 0 aliphatic carbocycles. The Kier molecular flexibility index (Phi) is 8.48. The number of β-amino-alcohol motifs (C(OH)–C–C–N with tert-alkyl or cyclic N) is 1. The zero-order valence-corrected chi connectivity index (χ0v) is 20.5. The van der Waals surface area contributed by atoms with E-state index >= 15 is 0 Å². The molecule has 0 aliphatic rings. The largest absolute Gasteiger partial charge is 0.508 e. The summed E-state index contributed by atoms with van der Waals surface area (Å²) in [4.78, 5) is 14.7. The topological polar surface area (TPSA) is 72.8 Å². The molecule has 0 heterocycles. The number of phenolic OH excluding ortho intramolecular Hbond substituents is 1. The average Bonchev–Trinajstić information content (AvgIpc) is 2.82. The predicted octanol–water partition coefficient (Wildman–Crippen LogP) is 4.80. The first-order valence-electron chi connectivity index (χ1n) is 11.7. The van der Waals surface area contributed by atoms with Crippen LogP contribution in [0.25, 0.3) is 0 Å². The third kappa shape index (κ3) is 7.17. The van der Waals surface area contributed by atoms with Crippen LogP contribution < -0.4 is 5.32 Å². The molecule has 3 aromatic rings. The quantitative estimate of drug-likeness (QED) is 0.406. The van der Waals surface area contributed by atoms with Gasteiger partial charge in [-0.2, -0.15) is 0 Å². The number of aromatic hydroxyl groups is 1. The number of aliphatic hydroxyl groups excluding tert-OH is 1. The molecule has 34 heavy (non-hydrogen) atoms. The number of nitrogens with zero attached hydrogens (tertiary/aromatic N) is 1. The molecule has 3 N–H and O–H groups in total. The number of phenols is 1. The van der Waals surface area contributed by atoms with Crippen molar-refractivity contribution in [3.05, 3.63) is 101 Å². The Morgan fingerprint density at radius 2 is 1.59 bits per heavy atom. The van der Waals surface area contributed by atoms with E-state index in [4.69, 9.17) is 0 Å². The van der Waals surface area contributed by atoms with Gasteiger partial charge in [-0.05, 0) is 61.6 Å². The molecule has 0 aliphatic heterocycles. The van der Waals surface area contributed by atoms with E-state index in [-0.39, 0.29) is 23.2 Å². The van der Waals surface area contributed by atoms with Crippen LogP contribution in [-0.4, -0.2) is 40.2 Å². The highest BCUT2D eigenvalue weighted by molar-refractivity contribution is 5.79. The number of amides is 1. The molecule has 0 bridgehead atoms. The number of benzene rings is 3. The molecular weight excluding hydrogens is 424 g/mol. The number of carbonyl (C=O) groups excluding carboxylic acids is 1. The number of likely N-dealkylation sites (N-methyl/N-ethyl adjacent to an activating group) is 1. The van der Waals surface area contributed by atoms with E-state index in [1.54, 1.807) is 29.2 Å². The Morgan fingerprint density at radius 1 is 0.941 bits per heavy atom. The van der Waals surface area contributed by atoms with Crippen LogP contribution in [0, 0.1) is 0 Å². The molecular formula is C29H36N2O3. The van der Waals surface area contributed by atoms with E-state index in [1.807, 2.05) is 56.4 Å². The van der Waals surface area contributed by atoms with Crippen molar-refractivity contribution < 1.29 is 15.0 Å². The van der Waals surface area contributed by atoms with Crippen LogP contribution in [0.4, 0.5) is 0 Å². The highest BCUT2D eigenvalue weighted by atomic mass is 16.3. The molecule has 0 aromatic heterocycles. The summed E-state index contributed by atoms with van der Waals surface area (Å²) in [7, 11) is 1.86. The molecule has 5 heteroatoms. The maximum absolute atomic E-state index is 12.9. The fourth-order valence-electron chi connectivity index (χ4n) is 4.08. The van der Waals surface area contributed by atoms with Gasteiger partial charge in [0, 0.05) is 19.1 Å². The van der Waals surface area contributed by atoms with E-state index in [0.717, 1.165) is 28.7 Å². The maximum Gasteiger partial charge on any atom is 0.227 e. The number of nitrogens with one attached hydrogen (secondary N) is 1. The van der Waals surface area contributed by atoms with Gasteiger partial charge in [0.2, 0.25) is 5.91 Å². The SMILES string of the molecule is C[C@H](c1ccccc1)N(C)C(=O)Cc1cccc(CC(C)(C)NCC(O)c2ccc(O)cc2)c1. The van der Waals surface area contributed by atoms with Crippen molar-refractivity contribution in [1.82, 2.24) is 10.2 Å². The van der Waals surface area contributed by atoms with E-state index < -0.39 is 6.10 Å². The molecule has 1 unspecified atom stereocenters. The number of hydrogen-bond acceptors (Lipinski definition) is 4. The predicted molar refractivity (Wildman–Crippen MR) is 137 cm³/mol. The van der Waals surface area contributed by atoms with E-state index in [9.17, 15) is 15.0 Å². The van der Waals surface area contributed by atoms with Crippen LogP contribution in [-0.2, 0) is 17.6 Å². The maximum atomic E-state index is 12.9. The van der Waals surface area contributed by atoms with Crippen LogP contribution in [0.2, 0.25) is 0 Å². The number of aliphatic hydroxyl groups is 1.